The molecule has 1 aromatic rings. The third-order valence-corrected chi connectivity index (χ3v) is 3.10. The predicted molar refractivity (Wildman–Crippen MR) is 71.8 cm³/mol. The Morgan fingerprint density at radius 2 is 2.06 bits per heavy atom. The molecule has 0 saturated carbocycles. The fourth-order valence-electron chi connectivity index (χ4n) is 1.93. The maximum Gasteiger partial charge on any atom is 0.162 e. The lowest BCUT2D eigenvalue weighted by atomic mass is 10.0. The Morgan fingerprint density at radius 3 is 2.61 bits per heavy atom. The van der Waals surface area contributed by atoms with Crippen molar-refractivity contribution < 1.29 is 14.9 Å². The van der Waals surface area contributed by atoms with E-state index in [1.807, 2.05) is 12.1 Å². The van der Waals surface area contributed by atoms with E-state index in [9.17, 15) is 5.11 Å². The van der Waals surface area contributed by atoms with Gasteiger partial charge in [0.2, 0.25) is 0 Å². The van der Waals surface area contributed by atoms with E-state index in [1.165, 1.54) is 7.11 Å². The number of aliphatic hydroxyl groups is 1. The number of benzene rings is 1. The number of methoxy groups -OCH3 is 1. The van der Waals surface area contributed by atoms with Gasteiger partial charge in [-0.25, -0.2) is 0 Å². The van der Waals surface area contributed by atoms with Gasteiger partial charge in [-0.2, -0.15) is 0 Å². The highest BCUT2D eigenvalue weighted by molar-refractivity contribution is 5.45. The van der Waals surface area contributed by atoms with Crippen LogP contribution >= 0.6 is 0 Å². The summed E-state index contributed by atoms with van der Waals surface area (Å²) in [6, 6.07) is 5.68. The lowest BCUT2D eigenvalue weighted by Crippen LogP contribution is -2.34. The standard InChI is InChI=1S/C14H23NO3/c1-10(2)12(7-8-16)15-9-11-5-4-6-13(18-3)14(11)17/h4-6,10,12,15-17H,7-9H2,1-3H3. The average molecular weight is 253 g/mol. The molecule has 1 atom stereocenters. The Labute approximate surface area is 109 Å². The van der Waals surface area contributed by atoms with Crippen LogP contribution in [0.1, 0.15) is 25.8 Å². The molecule has 0 aliphatic carbocycles. The first-order valence-electron chi connectivity index (χ1n) is 6.29. The largest absolute Gasteiger partial charge is 0.504 e. The van der Waals surface area contributed by atoms with Crippen LogP contribution in [-0.2, 0) is 6.54 Å². The van der Waals surface area contributed by atoms with Crippen LogP contribution in [-0.4, -0.2) is 30.0 Å². The molecule has 0 aliphatic rings. The van der Waals surface area contributed by atoms with Crippen molar-refractivity contribution in [3.63, 3.8) is 0 Å². The highest BCUT2D eigenvalue weighted by Gasteiger charge is 2.13. The Hall–Kier alpha value is -1.26. The van der Waals surface area contributed by atoms with E-state index in [2.05, 4.69) is 19.2 Å². The molecular weight excluding hydrogens is 230 g/mol. The molecule has 0 fully saturated rings. The zero-order valence-electron chi connectivity index (χ0n) is 11.3. The fourth-order valence-corrected chi connectivity index (χ4v) is 1.93. The molecule has 102 valence electrons. The Bertz CT molecular complexity index is 366. The van der Waals surface area contributed by atoms with Gasteiger partial charge in [0, 0.05) is 24.8 Å². The quantitative estimate of drug-likeness (QED) is 0.694. The first-order valence-corrected chi connectivity index (χ1v) is 6.29. The fraction of sp³-hybridized carbons (Fsp3) is 0.571. The zero-order valence-corrected chi connectivity index (χ0v) is 11.3. The van der Waals surface area contributed by atoms with Crippen LogP contribution in [0.4, 0.5) is 0 Å². The molecule has 0 radical (unpaired) electrons. The van der Waals surface area contributed by atoms with Gasteiger partial charge in [-0.05, 0) is 18.4 Å². The summed E-state index contributed by atoms with van der Waals surface area (Å²) in [4.78, 5) is 0. The van der Waals surface area contributed by atoms with Crippen LogP contribution in [0.25, 0.3) is 0 Å². The van der Waals surface area contributed by atoms with Gasteiger partial charge in [0.05, 0.1) is 7.11 Å². The number of hydrogen-bond donors (Lipinski definition) is 3. The molecule has 0 aromatic heterocycles. The van der Waals surface area contributed by atoms with Crippen molar-refractivity contribution >= 4 is 0 Å². The first-order chi connectivity index (χ1) is 8.60. The molecule has 0 saturated heterocycles. The van der Waals surface area contributed by atoms with Crippen molar-refractivity contribution in [2.75, 3.05) is 13.7 Å². The van der Waals surface area contributed by atoms with E-state index in [-0.39, 0.29) is 18.4 Å². The second kappa shape index (κ2) is 7.24. The summed E-state index contributed by atoms with van der Waals surface area (Å²) in [6.45, 7) is 4.95. The van der Waals surface area contributed by atoms with E-state index in [1.54, 1.807) is 6.07 Å². The van der Waals surface area contributed by atoms with Crippen LogP contribution in [0.3, 0.4) is 0 Å². The van der Waals surface area contributed by atoms with Crippen molar-refractivity contribution in [1.82, 2.24) is 5.32 Å². The van der Waals surface area contributed by atoms with Gasteiger partial charge < -0.3 is 20.3 Å². The van der Waals surface area contributed by atoms with Crippen LogP contribution < -0.4 is 10.1 Å². The van der Waals surface area contributed by atoms with E-state index in [0.29, 0.717) is 24.6 Å². The van der Waals surface area contributed by atoms with Crippen LogP contribution in [0.5, 0.6) is 11.5 Å². The minimum Gasteiger partial charge on any atom is -0.504 e. The van der Waals surface area contributed by atoms with Crippen LogP contribution in [0.2, 0.25) is 0 Å². The summed E-state index contributed by atoms with van der Waals surface area (Å²) in [5.74, 6) is 1.10. The lowest BCUT2D eigenvalue weighted by molar-refractivity contribution is 0.243. The Balaban J connectivity index is 2.67. The van der Waals surface area contributed by atoms with Crippen molar-refractivity contribution in [2.45, 2.75) is 32.9 Å². The predicted octanol–water partition coefficient (Wildman–Crippen LogP) is 1.90. The van der Waals surface area contributed by atoms with Crippen molar-refractivity contribution in [3.8, 4) is 11.5 Å². The van der Waals surface area contributed by atoms with E-state index in [0.717, 1.165) is 5.56 Å². The molecular formula is C14H23NO3. The molecule has 4 heteroatoms. The summed E-state index contributed by atoms with van der Waals surface area (Å²) in [7, 11) is 1.54. The van der Waals surface area contributed by atoms with Gasteiger partial charge in [-0.3, -0.25) is 0 Å². The number of aromatic hydroxyl groups is 1. The van der Waals surface area contributed by atoms with E-state index in [4.69, 9.17) is 9.84 Å². The summed E-state index contributed by atoms with van der Waals surface area (Å²) >= 11 is 0. The van der Waals surface area contributed by atoms with Gasteiger partial charge in [-0.15, -0.1) is 0 Å². The summed E-state index contributed by atoms with van der Waals surface area (Å²) < 4.78 is 5.07. The molecule has 0 spiro atoms. The third kappa shape index (κ3) is 3.89. The summed E-state index contributed by atoms with van der Waals surface area (Å²) in [5, 5.41) is 22.3. The molecule has 0 aliphatic heterocycles. The number of phenols is 1. The van der Waals surface area contributed by atoms with Gasteiger partial charge in [0.25, 0.3) is 0 Å². The molecule has 18 heavy (non-hydrogen) atoms. The number of aliphatic hydroxyl groups excluding tert-OH is 1. The zero-order chi connectivity index (χ0) is 13.5. The van der Waals surface area contributed by atoms with Crippen molar-refractivity contribution in [1.29, 1.82) is 0 Å². The molecule has 1 aromatic carbocycles. The number of nitrogens with one attached hydrogen (secondary N) is 1. The maximum atomic E-state index is 9.96. The van der Waals surface area contributed by atoms with Crippen molar-refractivity contribution in [2.24, 2.45) is 5.92 Å². The molecule has 1 rings (SSSR count). The SMILES string of the molecule is COc1cccc(CNC(CCO)C(C)C)c1O. The van der Waals surface area contributed by atoms with Gasteiger partial charge in [-0.1, -0.05) is 26.0 Å². The van der Waals surface area contributed by atoms with Gasteiger partial charge in [0.15, 0.2) is 11.5 Å². The molecule has 0 heterocycles. The number of para-hydroxylation sites is 1. The number of hydrogen-bond acceptors (Lipinski definition) is 4. The first kappa shape index (κ1) is 14.8. The monoisotopic (exact) mass is 253 g/mol. The smallest absolute Gasteiger partial charge is 0.162 e. The second-order valence-corrected chi connectivity index (χ2v) is 4.71. The topological polar surface area (TPSA) is 61.7 Å². The normalized spacial score (nSPS) is 12.7. The summed E-state index contributed by atoms with van der Waals surface area (Å²) in [5.41, 5.74) is 0.804. The molecule has 4 nitrogen and oxygen atoms in total. The van der Waals surface area contributed by atoms with Gasteiger partial charge >= 0.3 is 0 Å². The van der Waals surface area contributed by atoms with Crippen LogP contribution in [0, 0.1) is 5.92 Å². The van der Waals surface area contributed by atoms with E-state index < -0.39 is 0 Å². The molecule has 3 N–H and O–H groups in total. The van der Waals surface area contributed by atoms with Crippen molar-refractivity contribution in [3.05, 3.63) is 23.8 Å². The summed E-state index contributed by atoms with van der Waals surface area (Å²) in [6.07, 6.45) is 0.711. The minimum absolute atomic E-state index is 0.167. The highest BCUT2D eigenvalue weighted by atomic mass is 16.5. The second-order valence-electron chi connectivity index (χ2n) is 4.71. The average Bonchev–Trinajstić information content (AvgIpc) is 2.35. The molecule has 0 amide bonds. The number of rotatable bonds is 7. The number of ether oxygens (including phenoxy) is 1. The molecule has 0 bridgehead atoms. The lowest BCUT2D eigenvalue weighted by Gasteiger charge is -2.22. The Kier molecular flexibility index (Phi) is 5.95. The number of phenolic OH excluding ortho intramolecular Hbond substituents is 1. The Morgan fingerprint density at radius 1 is 1.33 bits per heavy atom. The highest BCUT2D eigenvalue weighted by Crippen LogP contribution is 2.29. The van der Waals surface area contributed by atoms with E-state index >= 15 is 0 Å². The minimum atomic E-state index is 0.167. The molecule has 1 unspecified atom stereocenters. The van der Waals surface area contributed by atoms with Crippen LogP contribution in [0.15, 0.2) is 18.2 Å². The maximum absolute atomic E-state index is 9.96. The van der Waals surface area contributed by atoms with Gasteiger partial charge in [0.1, 0.15) is 0 Å². The third-order valence-electron chi connectivity index (χ3n) is 3.10.